The molecule has 0 aliphatic rings. The minimum absolute atomic E-state index is 0.336. The SMILES string of the molecule is CCCOCCOc1ccc2ccccc2c1C#CCN. The maximum absolute atomic E-state index is 5.82. The Kier molecular flexibility index (Phi) is 6.08. The van der Waals surface area contributed by atoms with Crippen molar-refractivity contribution in [2.45, 2.75) is 13.3 Å². The van der Waals surface area contributed by atoms with Gasteiger partial charge in [0.15, 0.2) is 0 Å². The summed E-state index contributed by atoms with van der Waals surface area (Å²) in [5, 5.41) is 2.24. The summed E-state index contributed by atoms with van der Waals surface area (Å²) in [6.07, 6.45) is 1.02. The summed E-state index contributed by atoms with van der Waals surface area (Å²) in [7, 11) is 0. The summed E-state index contributed by atoms with van der Waals surface area (Å²) in [6, 6.07) is 12.1. The van der Waals surface area contributed by atoms with Crippen molar-refractivity contribution < 1.29 is 9.47 Å². The molecular weight excluding hydrogens is 262 g/mol. The summed E-state index contributed by atoms with van der Waals surface area (Å²) in [4.78, 5) is 0. The van der Waals surface area contributed by atoms with Gasteiger partial charge in [-0.15, -0.1) is 0 Å². The first-order valence-electron chi connectivity index (χ1n) is 7.28. The van der Waals surface area contributed by atoms with Crippen molar-refractivity contribution in [2.75, 3.05) is 26.4 Å². The number of hydrogen-bond donors (Lipinski definition) is 1. The predicted octanol–water partition coefficient (Wildman–Crippen LogP) is 2.96. The van der Waals surface area contributed by atoms with Gasteiger partial charge in [-0.05, 0) is 17.9 Å². The van der Waals surface area contributed by atoms with Gasteiger partial charge in [-0.3, -0.25) is 0 Å². The van der Waals surface area contributed by atoms with Gasteiger partial charge >= 0.3 is 0 Å². The fourth-order valence-electron chi connectivity index (χ4n) is 2.10. The standard InChI is InChI=1S/C18H21NO2/c1-2-12-20-13-14-21-18-10-9-15-6-3-4-7-16(15)17(18)8-5-11-19/h3-4,6-7,9-10H,2,11-14,19H2,1H3. The van der Waals surface area contributed by atoms with Gasteiger partial charge in [0.2, 0.25) is 0 Å². The number of fused-ring (bicyclic) bond motifs is 1. The van der Waals surface area contributed by atoms with E-state index in [2.05, 4.69) is 30.9 Å². The fraction of sp³-hybridized carbons (Fsp3) is 0.333. The van der Waals surface area contributed by atoms with Crippen LogP contribution >= 0.6 is 0 Å². The largest absolute Gasteiger partial charge is 0.490 e. The molecular formula is C18H21NO2. The maximum Gasteiger partial charge on any atom is 0.135 e. The molecule has 0 amide bonds. The van der Waals surface area contributed by atoms with Crippen LogP contribution < -0.4 is 10.5 Å². The monoisotopic (exact) mass is 283 g/mol. The molecule has 110 valence electrons. The normalized spacial score (nSPS) is 10.2. The highest BCUT2D eigenvalue weighted by molar-refractivity contribution is 5.90. The summed E-state index contributed by atoms with van der Waals surface area (Å²) >= 11 is 0. The molecule has 0 aromatic heterocycles. The molecule has 0 saturated carbocycles. The van der Waals surface area contributed by atoms with Crippen molar-refractivity contribution in [3.63, 3.8) is 0 Å². The minimum Gasteiger partial charge on any atom is -0.490 e. The molecule has 0 bridgehead atoms. The Morgan fingerprint density at radius 1 is 1.05 bits per heavy atom. The highest BCUT2D eigenvalue weighted by atomic mass is 16.5. The molecule has 0 heterocycles. The summed E-state index contributed by atoms with van der Waals surface area (Å²) in [5.74, 6) is 6.83. The van der Waals surface area contributed by atoms with Gasteiger partial charge in [0, 0.05) is 12.0 Å². The van der Waals surface area contributed by atoms with E-state index < -0.39 is 0 Å². The first-order valence-corrected chi connectivity index (χ1v) is 7.28. The molecule has 0 aliphatic carbocycles. The van der Waals surface area contributed by atoms with Crippen LogP contribution in [0, 0.1) is 11.8 Å². The molecule has 0 unspecified atom stereocenters. The van der Waals surface area contributed by atoms with Crippen molar-refractivity contribution >= 4 is 10.8 Å². The van der Waals surface area contributed by atoms with Crippen LogP contribution in [0.4, 0.5) is 0 Å². The smallest absolute Gasteiger partial charge is 0.135 e. The summed E-state index contributed by atoms with van der Waals surface area (Å²) < 4.78 is 11.3. The van der Waals surface area contributed by atoms with E-state index in [1.807, 2.05) is 24.3 Å². The Morgan fingerprint density at radius 3 is 2.71 bits per heavy atom. The van der Waals surface area contributed by atoms with Crippen molar-refractivity contribution in [1.29, 1.82) is 0 Å². The topological polar surface area (TPSA) is 44.5 Å². The molecule has 2 aromatic rings. The Labute approximate surface area is 126 Å². The van der Waals surface area contributed by atoms with E-state index in [9.17, 15) is 0 Å². The second-order valence-electron chi connectivity index (χ2n) is 4.63. The van der Waals surface area contributed by atoms with Crippen LogP contribution in [-0.4, -0.2) is 26.4 Å². The summed E-state index contributed by atoms with van der Waals surface area (Å²) in [5.41, 5.74) is 6.39. The molecule has 0 aliphatic heterocycles. The van der Waals surface area contributed by atoms with Crippen LogP contribution in [0.3, 0.4) is 0 Å². The average Bonchev–Trinajstić information content (AvgIpc) is 2.53. The zero-order valence-electron chi connectivity index (χ0n) is 12.4. The lowest BCUT2D eigenvalue weighted by atomic mass is 10.0. The first kappa shape index (κ1) is 15.4. The highest BCUT2D eigenvalue weighted by Crippen LogP contribution is 2.27. The average molecular weight is 283 g/mol. The molecule has 3 heteroatoms. The first-order chi connectivity index (χ1) is 10.4. The molecule has 3 nitrogen and oxygen atoms in total. The van der Waals surface area contributed by atoms with Gasteiger partial charge < -0.3 is 15.2 Å². The van der Waals surface area contributed by atoms with Crippen LogP contribution in [0.5, 0.6) is 5.75 Å². The van der Waals surface area contributed by atoms with Gasteiger partial charge in [0.25, 0.3) is 0 Å². The zero-order chi connectivity index (χ0) is 14.9. The molecule has 21 heavy (non-hydrogen) atoms. The summed E-state index contributed by atoms with van der Waals surface area (Å²) in [6.45, 7) is 4.30. The van der Waals surface area contributed by atoms with E-state index in [4.69, 9.17) is 15.2 Å². The lowest BCUT2D eigenvalue weighted by molar-refractivity contribution is 0.101. The maximum atomic E-state index is 5.82. The number of benzene rings is 2. The van der Waals surface area contributed by atoms with Crippen molar-refractivity contribution in [3.05, 3.63) is 42.0 Å². The molecule has 0 atom stereocenters. The fourth-order valence-corrected chi connectivity index (χ4v) is 2.10. The lowest BCUT2D eigenvalue weighted by Gasteiger charge is -2.11. The second-order valence-corrected chi connectivity index (χ2v) is 4.63. The van der Waals surface area contributed by atoms with Crippen LogP contribution in [0.1, 0.15) is 18.9 Å². The molecule has 0 radical (unpaired) electrons. The van der Waals surface area contributed by atoms with Crippen LogP contribution in [0.2, 0.25) is 0 Å². The third kappa shape index (κ3) is 4.22. The molecule has 0 saturated heterocycles. The molecule has 0 fully saturated rings. The van der Waals surface area contributed by atoms with Gasteiger partial charge in [-0.25, -0.2) is 0 Å². The molecule has 2 aromatic carbocycles. The zero-order valence-corrected chi connectivity index (χ0v) is 12.4. The number of rotatable bonds is 6. The van der Waals surface area contributed by atoms with Gasteiger partial charge in [-0.1, -0.05) is 49.1 Å². The third-order valence-electron chi connectivity index (χ3n) is 3.04. The predicted molar refractivity (Wildman–Crippen MR) is 86.5 cm³/mol. The van der Waals surface area contributed by atoms with E-state index in [0.717, 1.165) is 35.1 Å². The Hall–Kier alpha value is -2.02. The van der Waals surface area contributed by atoms with E-state index in [1.165, 1.54) is 0 Å². The van der Waals surface area contributed by atoms with E-state index in [1.54, 1.807) is 0 Å². The van der Waals surface area contributed by atoms with Crippen LogP contribution in [-0.2, 0) is 4.74 Å². The molecule has 2 N–H and O–H groups in total. The quantitative estimate of drug-likeness (QED) is 0.655. The Bertz CT molecular complexity index is 640. The number of nitrogens with two attached hydrogens (primary N) is 1. The third-order valence-corrected chi connectivity index (χ3v) is 3.04. The van der Waals surface area contributed by atoms with E-state index in [0.29, 0.717) is 19.8 Å². The van der Waals surface area contributed by atoms with Gasteiger partial charge in [-0.2, -0.15) is 0 Å². The van der Waals surface area contributed by atoms with E-state index >= 15 is 0 Å². The lowest BCUT2D eigenvalue weighted by Crippen LogP contribution is -2.08. The van der Waals surface area contributed by atoms with Gasteiger partial charge in [0.05, 0.1) is 18.7 Å². The molecule has 0 spiro atoms. The minimum atomic E-state index is 0.336. The van der Waals surface area contributed by atoms with Gasteiger partial charge in [0.1, 0.15) is 12.4 Å². The van der Waals surface area contributed by atoms with Crippen LogP contribution in [0.25, 0.3) is 10.8 Å². The molecule has 2 rings (SSSR count). The van der Waals surface area contributed by atoms with E-state index in [-0.39, 0.29) is 0 Å². The van der Waals surface area contributed by atoms with Crippen molar-refractivity contribution in [3.8, 4) is 17.6 Å². The van der Waals surface area contributed by atoms with Crippen molar-refractivity contribution in [1.82, 2.24) is 0 Å². The number of hydrogen-bond acceptors (Lipinski definition) is 3. The van der Waals surface area contributed by atoms with Crippen molar-refractivity contribution in [2.24, 2.45) is 5.73 Å². The van der Waals surface area contributed by atoms with Crippen LogP contribution in [0.15, 0.2) is 36.4 Å². The number of ether oxygens (including phenoxy) is 2. The Balaban J connectivity index is 2.21. The Morgan fingerprint density at radius 2 is 1.90 bits per heavy atom. The highest BCUT2D eigenvalue weighted by Gasteiger charge is 2.06. The second kappa shape index (κ2) is 8.31.